The first-order chi connectivity index (χ1) is 11.0. The van der Waals surface area contributed by atoms with E-state index in [1.54, 1.807) is 12.1 Å². The Balaban J connectivity index is 1.81. The summed E-state index contributed by atoms with van der Waals surface area (Å²) in [5, 5.41) is 12.3. The maximum atomic E-state index is 12.0. The molecule has 2 atom stereocenters. The second kappa shape index (κ2) is 8.77. The second-order valence-corrected chi connectivity index (χ2v) is 6.37. The Morgan fingerprint density at radius 1 is 1.30 bits per heavy atom. The van der Waals surface area contributed by atoms with E-state index in [1.165, 1.54) is 0 Å². The number of alkyl carbamates (subject to hydrolysis) is 1. The number of amides is 1. The van der Waals surface area contributed by atoms with Crippen LogP contribution in [0.25, 0.3) is 0 Å². The maximum Gasteiger partial charge on any atom is 0.407 e. The summed E-state index contributed by atoms with van der Waals surface area (Å²) in [6.07, 6.45) is 4.22. The lowest BCUT2D eigenvalue weighted by molar-refractivity contribution is -0.137. The highest BCUT2D eigenvalue weighted by Crippen LogP contribution is 2.28. The van der Waals surface area contributed by atoms with Gasteiger partial charge in [-0.3, -0.25) is 4.79 Å². The molecule has 23 heavy (non-hydrogen) atoms. The smallest absolute Gasteiger partial charge is 0.407 e. The molecule has 1 amide bonds. The van der Waals surface area contributed by atoms with E-state index in [0.29, 0.717) is 11.4 Å². The molecule has 1 fully saturated rings. The van der Waals surface area contributed by atoms with Crippen LogP contribution in [0, 0.1) is 5.92 Å². The summed E-state index contributed by atoms with van der Waals surface area (Å²) in [7, 11) is 0. The number of rotatable bonds is 6. The van der Waals surface area contributed by atoms with Crippen molar-refractivity contribution in [2.75, 3.05) is 0 Å². The summed E-state index contributed by atoms with van der Waals surface area (Å²) in [5.41, 5.74) is 0.832. The summed E-state index contributed by atoms with van der Waals surface area (Å²) in [6, 6.07) is 7.16. The first-order valence-corrected chi connectivity index (χ1v) is 8.32. The number of halogens is 1. The lowest BCUT2D eigenvalue weighted by Crippen LogP contribution is -2.42. The summed E-state index contributed by atoms with van der Waals surface area (Å²) >= 11 is 5.89. The molecule has 1 aliphatic rings. The van der Waals surface area contributed by atoms with Crippen LogP contribution in [0.2, 0.25) is 5.02 Å². The molecule has 126 valence electrons. The number of hydrogen-bond donors (Lipinski definition) is 2. The molecule has 5 nitrogen and oxygen atoms in total. The Morgan fingerprint density at radius 2 is 2.09 bits per heavy atom. The lowest BCUT2D eigenvalue weighted by atomic mass is 9.82. The number of carbonyl (C=O) groups is 2. The molecule has 6 heteroatoms. The Bertz CT molecular complexity index is 549. The second-order valence-electron chi connectivity index (χ2n) is 5.93. The van der Waals surface area contributed by atoms with Crippen molar-refractivity contribution in [2.24, 2.45) is 5.92 Å². The fourth-order valence-electron chi connectivity index (χ4n) is 3.02. The van der Waals surface area contributed by atoms with Crippen LogP contribution >= 0.6 is 11.6 Å². The third-order valence-corrected chi connectivity index (χ3v) is 4.44. The number of hydrogen-bond acceptors (Lipinski definition) is 3. The van der Waals surface area contributed by atoms with Crippen LogP contribution in [0.1, 0.15) is 44.1 Å². The molecule has 1 saturated carbocycles. The van der Waals surface area contributed by atoms with E-state index >= 15 is 0 Å². The van der Waals surface area contributed by atoms with Crippen molar-refractivity contribution >= 4 is 23.7 Å². The Morgan fingerprint density at radius 3 is 2.83 bits per heavy atom. The molecule has 0 heterocycles. The van der Waals surface area contributed by atoms with Crippen LogP contribution in [0.4, 0.5) is 4.79 Å². The number of carbonyl (C=O) groups excluding carboxylic acids is 1. The van der Waals surface area contributed by atoms with Gasteiger partial charge in [-0.2, -0.15) is 0 Å². The largest absolute Gasteiger partial charge is 0.481 e. The zero-order valence-corrected chi connectivity index (χ0v) is 13.7. The van der Waals surface area contributed by atoms with Crippen LogP contribution in [-0.2, 0) is 16.1 Å². The molecule has 1 aromatic carbocycles. The standard InChI is InChI=1S/C17H22ClNO4/c18-14-6-3-4-12(10-14)11-23-17(22)19-15-7-2-1-5-13(15)8-9-16(20)21/h3-4,6,10,13,15H,1-2,5,7-9,11H2,(H,19,22)(H,20,21). The Labute approximate surface area is 141 Å². The first-order valence-electron chi connectivity index (χ1n) is 7.94. The fraction of sp³-hybridized carbons (Fsp3) is 0.529. The average Bonchev–Trinajstić information content (AvgIpc) is 2.52. The van der Waals surface area contributed by atoms with E-state index in [4.69, 9.17) is 21.4 Å². The number of carboxylic acids is 1. The Hall–Kier alpha value is -1.75. The predicted molar refractivity (Wildman–Crippen MR) is 87.4 cm³/mol. The zero-order chi connectivity index (χ0) is 16.7. The minimum Gasteiger partial charge on any atom is -0.481 e. The number of aliphatic carboxylic acids is 1. The first kappa shape index (κ1) is 17.6. The zero-order valence-electron chi connectivity index (χ0n) is 13.0. The van der Waals surface area contributed by atoms with Crippen molar-refractivity contribution in [3.05, 3.63) is 34.9 Å². The molecule has 0 aromatic heterocycles. The number of benzene rings is 1. The highest BCUT2D eigenvalue weighted by atomic mass is 35.5. The van der Waals surface area contributed by atoms with Gasteiger partial charge in [-0.1, -0.05) is 36.6 Å². The normalized spacial score (nSPS) is 20.7. The summed E-state index contributed by atoms with van der Waals surface area (Å²) < 4.78 is 5.23. The lowest BCUT2D eigenvalue weighted by Gasteiger charge is -2.31. The quantitative estimate of drug-likeness (QED) is 0.821. The highest BCUT2D eigenvalue weighted by Gasteiger charge is 2.27. The van der Waals surface area contributed by atoms with Crippen LogP contribution in [0.3, 0.4) is 0 Å². The van der Waals surface area contributed by atoms with Crippen molar-refractivity contribution in [3.63, 3.8) is 0 Å². The molecule has 0 spiro atoms. The Kier molecular flexibility index (Phi) is 6.71. The SMILES string of the molecule is O=C(O)CCC1CCCCC1NC(=O)OCc1cccc(Cl)c1. The van der Waals surface area contributed by atoms with Gasteiger partial charge in [-0.25, -0.2) is 4.79 Å². The van der Waals surface area contributed by atoms with Crippen molar-refractivity contribution in [1.29, 1.82) is 0 Å². The van der Waals surface area contributed by atoms with Crippen LogP contribution in [0.5, 0.6) is 0 Å². The average molecular weight is 340 g/mol. The van der Waals surface area contributed by atoms with Crippen molar-refractivity contribution < 1.29 is 19.4 Å². The fourth-order valence-corrected chi connectivity index (χ4v) is 3.23. The molecular formula is C17H22ClNO4. The van der Waals surface area contributed by atoms with E-state index in [0.717, 1.165) is 31.2 Å². The van der Waals surface area contributed by atoms with Gasteiger partial charge >= 0.3 is 12.1 Å². The summed E-state index contributed by atoms with van der Waals surface area (Å²) in [5.74, 6) is -0.587. The molecule has 0 aliphatic heterocycles. The van der Waals surface area contributed by atoms with Crippen LogP contribution in [0.15, 0.2) is 24.3 Å². The van der Waals surface area contributed by atoms with Gasteiger partial charge < -0.3 is 15.2 Å². The van der Waals surface area contributed by atoms with Gasteiger partial charge in [0.2, 0.25) is 0 Å². The van der Waals surface area contributed by atoms with Gasteiger partial charge in [0, 0.05) is 17.5 Å². The van der Waals surface area contributed by atoms with Gasteiger partial charge in [0.1, 0.15) is 6.61 Å². The molecule has 2 unspecified atom stereocenters. The highest BCUT2D eigenvalue weighted by molar-refractivity contribution is 6.30. The number of nitrogens with one attached hydrogen (secondary N) is 1. The molecule has 1 aromatic rings. The molecule has 0 radical (unpaired) electrons. The number of ether oxygens (including phenoxy) is 1. The van der Waals surface area contributed by atoms with Crippen molar-refractivity contribution in [1.82, 2.24) is 5.32 Å². The van der Waals surface area contributed by atoms with Crippen molar-refractivity contribution in [3.8, 4) is 0 Å². The van der Waals surface area contributed by atoms with E-state index in [9.17, 15) is 9.59 Å². The maximum absolute atomic E-state index is 12.0. The number of carboxylic acid groups (broad SMARTS) is 1. The van der Waals surface area contributed by atoms with Crippen LogP contribution < -0.4 is 5.32 Å². The third-order valence-electron chi connectivity index (χ3n) is 4.20. The molecule has 2 rings (SSSR count). The van der Waals surface area contributed by atoms with E-state index in [-0.39, 0.29) is 25.0 Å². The van der Waals surface area contributed by atoms with Gasteiger partial charge in [0.25, 0.3) is 0 Å². The van der Waals surface area contributed by atoms with E-state index in [1.807, 2.05) is 12.1 Å². The summed E-state index contributed by atoms with van der Waals surface area (Å²) in [6.45, 7) is 0.166. The van der Waals surface area contributed by atoms with E-state index < -0.39 is 12.1 Å². The molecule has 0 saturated heterocycles. The third kappa shape index (κ3) is 6.10. The van der Waals surface area contributed by atoms with E-state index in [2.05, 4.69) is 5.32 Å². The van der Waals surface area contributed by atoms with Gasteiger partial charge in [0.05, 0.1) is 0 Å². The predicted octanol–water partition coefficient (Wildman–Crippen LogP) is 3.99. The summed E-state index contributed by atoms with van der Waals surface area (Å²) in [4.78, 5) is 22.7. The van der Waals surface area contributed by atoms with Crippen molar-refractivity contribution in [2.45, 2.75) is 51.2 Å². The van der Waals surface area contributed by atoms with Crippen LogP contribution in [-0.4, -0.2) is 23.2 Å². The van der Waals surface area contributed by atoms with Gasteiger partial charge in [-0.15, -0.1) is 0 Å². The monoisotopic (exact) mass is 339 g/mol. The van der Waals surface area contributed by atoms with Gasteiger partial charge in [-0.05, 0) is 42.9 Å². The minimum absolute atomic E-state index is 0.00467. The molecule has 0 bridgehead atoms. The molecule has 2 N–H and O–H groups in total. The van der Waals surface area contributed by atoms with Gasteiger partial charge in [0.15, 0.2) is 0 Å². The topological polar surface area (TPSA) is 75.6 Å². The molecule has 1 aliphatic carbocycles. The minimum atomic E-state index is -0.794. The molecular weight excluding hydrogens is 318 g/mol.